The summed E-state index contributed by atoms with van der Waals surface area (Å²) >= 11 is 0. The first-order valence-corrected chi connectivity index (χ1v) is 5.63. The number of nitrogens with two attached hydrogens (primary N) is 1. The van der Waals surface area contributed by atoms with E-state index in [-0.39, 0.29) is 12.0 Å². The second-order valence-corrected chi connectivity index (χ2v) is 4.11. The van der Waals surface area contributed by atoms with Gasteiger partial charge in [-0.3, -0.25) is 0 Å². The van der Waals surface area contributed by atoms with E-state index < -0.39 is 0 Å². The zero-order valence-corrected chi connectivity index (χ0v) is 9.61. The molecule has 0 bridgehead atoms. The van der Waals surface area contributed by atoms with Gasteiger partial charge in [0.2, 0.25) is 0 Å². The number of aliphatic hydroxyl groups is 1. The molecule has 84 valence electrons. The predicted octanol–water partition coefficient (Wildman–Crippen LogP) is 2.20. The molecule has 15 heavy (non-hydrogen) atoms. The molecule has 0 spiro atoms. The molecule has 0 aliphatic carbocycles. The highest BCUT2D eigenvalue weighted by molar-refractivity contribution is 5.26. The molecular formula is C13H21NO. The van der Waals surface area contributed by atoms with Gasteiger partial charge in [0.05, 0.1) is 6.10 Å². The Bertz CT molecular complexity index is 298. The minimum Gasteiger partial charge on any atom is -0.392 e. The molecule has 0 amide bonds. The Labute approximate surface area is 92.1 Å². The molecule has 2 nitrogen and oxygen atoms in total. The molecule has 0 fully saturated rings. The number of aryl methyl sites for hydroxylation is 1. The third-order valence-electron chi connectivity index (χ3n) is 2.77. The van der Waals surface area contributed by atoms with Crippen molar-refractivity contribution in [1.29, 1.82) is 0 Å². The molecule has 0 aromatic heterocycles. The van der Waals surface area contributed by atoms with Crippen LogP contribution in [-0.2, 0) is 0 Å². The average molecular weight is 207 g/mol. The summed E-state index contributed by atoms with van der Waals surface area (Å²) in [6.07, 6.45) is 1.49. The van der Waals surface area contributed by atoms with Crippen LogP contribution in [0.3, 0.4) is 0 Å². The number of rotatable bonds is 5. The minimum absolute atomic E-state index is 0.0739. The molecule has 0 aliphatic heterocycles. The fourth-order valence-electron chi connectivity index (χ4n) is 1.91. The Morgan fingerprint density at radius 2 is 2.13 bits per heavy atom. The quantitative estimate of drug-likeness (QED) is 0.777. The van der Waals surface area contributed by atoms with Crippen LogP contribution in [0.5, 0.6) is 0 Å². The van der Waals surface area contributed by atoms with E-state index in [0.29, 0.717) is 6.54 Å². The van der Waals surface area contributed by atoms with Crippen molar-refractivity contribution in [3.8, 4) is 0 Å². The van der Waals surface area contributed by atoms with Gasteiger partial charge >= 0.3 is 0 Å². The molecule has 2 heteroatoms. The van der Waals surface area contributed by atoms with Crippen molar-refractivity contribution in [3.63, 3.8) is 0 Å². The van der Waals surface area contributed by atoms with Gasteiger partial charge in [-0.15, -0.1) is 0 Å². The molecule has 1 rings (SSSR count). The number of hydrogen-bond donors (Lipinski definition) is 2. The van der Waals surface area contributed by atoms with Crippen molar-refractivity contribution in [2.75, 3.05) is 6.54 Å². The van der Waals surface area contributed by atoms with E-state index >= 15 is 0 Å². The second kappa shape index (κ2) is 5.89. The number of aliphatic hydroxyl groups excluding tert-OH is 1. The second-order valence-electron chi connectivity index (χ2n) is 4.11. The van der Waals surface area contributed by atoms with E-state index in [1.165, 1.54) is 5.56 Å². The maximum Gasteiger partial charge on any atom is 0.0620 e. The van der Waals surface area contributed by atoms with Crippen molar-refractivity contribution >= 4 is 0 Å². The largest absolute Gasteiger partial charge is 0.392 e. The van der Waals surface area contributed by atoms with Gasteiger partial charge in [0, 0.05) is 12.5 Å². The third kappa shape index (κ3) is 3.33. The lowest BCUT2D eigenvalue weighted by atomic mass is 9.90. The molecule has 0 saturated carbocycles. The van der Waals surface area contributed by atoms with Crippen LogP contribution < -0.4 is 5.73 Å². The first-order chi connectivity index (χ1) is 7.19. The summed E-state index contributed by atoms with van der Waals surface area (Å²) in [4.78, 5) is 0. The fraction of sp³-hybridized carbons (Fsp3) is 0.538. The Hall–Kier alpha value is -0.860. The van der Waals surface area contributed by atoms with Crippen LogP contribution in [0.15, 0.2) is 24.3 Å². The normalized spacial score (nSPS) is 14.9. The summed E-state index contributed by atoms with van der Waals surface area (Å²) in [5, 5.41) is 9.97. The van der Waals surface area contributed by atoms with E-state index in [2.05, 4.69) is 26.0 Å². The van der Waals surface area contributed by atoms with Gasteiger partial charge in [-0.25, -0.2) is 0 Å². The topological polar surface area (TPSA) is 46.2 Å². The van der Waals surface area contributed by atoms with Gasteiger partial charge in [0.25, 0.3) is 0 Å². The summed E-state index contributed by atoms with van der Waals surface area (Å²) in [6.45, 7) is 4.64. The van der Waals surface area contributed by atoms with Crippen LogP contribution in [0.2, 0.25) is 0 Å². The Balaban J connectivity index is 2.82. The Kier molecular flexibility index (Phi) is 4.79. The number of benzene rings is 1. The molecule has 1 aromatic rings. The Morgan fingerprint density at radius 1 is 1.40 bits per heavy atom. The predicted molar refractivity (Wildman–Crippen MR) is 63.9 cm³/mol. The first-order valence-electron chi connectivity index (χ1n) is 5.63. The lowest BCUT2D eigenvalue weighted by molar-refractivity contribution is 0.135. The van der Waals surface area contributed by atoms with E-state index in [9.17, 15) is 5.11 Å². The molecule has 0 aliphatic rings. The van der Waals surface area contributed by atoms with Crippen molar-refractivity contribution in [2.45, 2.75) is 38.7 Å². The van der Waals surface area contributed by atoms with Crippen molar-refractivity contribution in [1.82, 2.24) is 0 Å². The highest BCUT2D eigenvalue weighted by Crippen LogP contribution is 2.22. The SMILES string of the molecule is CCCC(O)C(CN)c1cccc(C)c1. The minimum atomic E-state index is -0.318. The summed E-state index contributed by atoms with van der Waals surface area (Å²) in [6, 6.07) is 8.23. The van der Waals surface area contributed by atoms with Gasteiger partial charge in [-0.05, 0) is 18.9 Å². The molecule has 2 atom stereocenters. The highest BCUT2D eigenvalue weighted by Gasteiger charge is 2.18. The zero-order chi connectivity index (χ0) is 11.3. The van der Waals surface area contributed by atoms with Crippen molar-refractivity contribution in [2.24, 2.45) is 5.73 Å². The average Bonchev–Trinajstić information content (AvgIpc) is 2.19. The smallest absolute Gasteiger partial charge is 0.0620 e. The summed E-state index contributed by atoms with van der Waals surface area (Å²) in [5.74, 6) is 0.0739. The van der Waals surface area contributed by atoms with E-state index in [1.807, 2.05) is 12.1 Å². The van der Waals surface area contributed by atoms with Crippen LogP contribution in [0.25, 0.3) is 0 Å². The molecule has 0 saturated heterocycles. The van der Waals surface area contributed by atoms with Crippen molar-refractivity contribution < 1.29 is 5.11 Å². The van der Waals surface area contributed by atoms with Crippen LogP contribution in [0, 0.1) is 6.92 Å². The fourth-order valence-corrected chi connectivity index (χ4v) is 1.91. The van der Waals surface area contributed by atoms with E-state index in [4.69, 9.17) is 5.73 Å². The van der Waals surface area contributed by atoms with Gasteiger partial charge in [0.15, 0.2) is 0 Å². The lowest BCUT2D eigenvalue weighted by Gasteiger charge is -2.21. The molecule has 0 radical (unpaired) electrons. The molecule has 3 N–H and O–H groups in total. The van der Waals surface area contributed by atoms with E-state index in [1.54, 1.807) is 0 Å². The molecule has 2 unspecified atom stereocenters. The van der Waals surface area contributed by atoms with E-state index in [0.717, 1.165) is 18.4 Å². The van der Waals surface area contributed by atoms with Crippen LogP contribution >= 0.6 is 0 Å². The standard InChI is InChI=1S/C13H21NO/c1-3-5-13(15)12(9-14)11-7-4-6-10(2)8-11/h4,6-8,12-13,15H,3,5,9,14H2,1-2H3. The lowest BCUT2D eigenvalue weighted by Crippen LogP contribution is -2.25. The van der Waals surface area contributed by atoms with Gasteiger partial charge < -0.3 is 10.8 Å². The van der Waals surface area contributed by atoms with Crippen LogP contribution in [0.4, 0.5) is 0 Å². The maximum atomic E-state index is 9.97. The first kappa shape index (κ1) is 12.2. The van der Waals surface area contributed by atoms with Gasteiger partial charge in [0.1, 0.15) is 0 Å². The summed E-state index contributed by atoms with van der Waals surface area (Å²) < 4.78 is 0. The highest BCUT2D eigenvalue weighted by atomic mass is 16.3. The van der Waals surface area contributed by atoms with Gasteiger partial charge in [-0.2, -0.15) is 0 Å². The maximum absolute atomic E-state index is 9.97. The van der Waals surface area contributed by atoms with Crippen LogP contribution in [-0.4, -0.2) is 17.8 Å². The molecule has 0 heterocycles. The zero-order valence-electron chi connectivity index (χ0n) is 9.61. The molecular weight excluding hydrogens is 186 g/mol. The van der Waals surface area contributed by atoms with Crippen molar-refractivity contribution in [3.05, 3.63) is 35.4 Å². The Morgan fingerprint density at radius 3 is 2.67 bits per heavy atom. The number of hydrogen-bond acceptors (Lipinski definition) is 2. The summed E-state index contributed by atoms with van der Waals surface area (Å²) in [5.41, 5.74) is 8.09. The van der Waals surface area contributed by atoms with Gasteiger partial charge in [-0.1, -0.05) is 43.2 Å². The third-order valence-corrected chi connectivity index (χ3v) is 2.77. The summed E-state index contributed by atoms with van der Waals surface area (Å²) in [7, 11) is 0. The molecule has 1 aromatic carbocycles. The monoisotopic (exact) mass is 207 g/mol. The van der Waals surface area contributed by atoms with Crippen LogP contribution in [0.1, 0.15) is 36.8 Å².